The molecule has 0 saturated heterocycles. The Labute approximate surface area is 175 Å². The molecule has 1 aromatic heterocycles. The van der Waals surface area contributed by atoms with Gasteiger partial charge < -0.3 is 10.1 Å². The van der Waals surface area contributed by atoms with E-state index in [0.717, 1.165) is 28.8 Å². The van der Waals surface area contributed by atoms with E-state index in [1.165, 1.54) is 5.56 Å². The Balaban J connectivity index is 1.44. The summed E-state index contributed by atoms with van der Waals surface area (Å²) in [4.78, 5) is 13.9. The third kappa shape index (κ3) is 4.33. The van der Waals surface area contributed by atoms with Gasteiger partial charge in [-0.1, -0.05) is 36.8 Å². The molecule has 0 aliphatic carbocycles. The van der Waals surface area contributed by atoms with Gasteiger partial charge in [-0.05, 0) is 67.8 Å². The molecule has 1 N–H and O–H groups in total. The van der Waals surface area contributed by atoms with Gasteiger partial charge in [-0.25, -0.2) is 0 Å². The van der Waals surface area contributed by atoms with Crippen molar-refractivity contribution in [2.75, 3.05) is 11.9 Å². The Kier molecular flexibility index (Phi) is 5.48. The number of aryl methyl sites for hydroxylation is 3. The molecule has 30 heavy (non-hydrogen) atoms. The van der Waals surface area contributed by atoms with Crippen LogP contribution in [0.5, 0.6) is 5.75 Å². The second-order valence-corrected chi connectivity index (χ2v) is 7.32. The molecule has 0 atom stereocenters. The molecule has 6 heteroatoms. The number of benzene rings is 3. The first-order chi connectivity index (χ1) is 14.5. The van der Waals surface area contributed by atoms with Gasteiger partial charge in [0.2, 0.25) is 0 Å². The maximum atomic E-state index is 12.3. The van der Waals surface area contributed by atoms with Crippen molar-refractivity contribution in [1.29, 1.82) is 0 Å². The van der Waals surface area contributed by atoms with Crippen molar-refractivity contribution in [3.8, 4) is 11.4 Å². The Morgan fingerprint density at radius 3 is 2.47 bits per heavy atom. The van der Waals surface area contributed by atoms with Crippen molar-refractivity contribution in [2.24, 2.45) is 0 Å². The fraction of sp³-hybridized carbons (Fsp3) is 0.208. The van der Waals surface area contributed by atoms with Gasteiger partial charge in [0.05, 0.1) is 5.69 Å². The summed E-state index contributed by atoms with van der Waals surface area (Å²) in [5.41, 5.74) is 6.46. The molecule has 0 radical (unpaired) electrons. The number of carbonyl (C=O) groups excluding carboxylic acids is 1. The number of rotatable bonds is 6. The van der Waals surface area contributed by atoms with Gasteiger partial charge in [-0.2, -0.15) is 4.80 Å². The van der Waals surface area contributed by atoms with E-state index < -0.39 is 0 Å². The van der Waals surface area contributed by atoms with Crippen LogP contribution in [0.4, 0.5) is 5.69 Å². The largest absolute Gasteiger partial charge is 0.483 e. The van der Waals surface area contributed by atoms with Gasteiger partial charge in [0.1, 0.15) is 16.8 Å². The lowest BCUT2D eigenvalue weighted by Gasteiger charge is -2.10. The van der Waals surface area contributed by atoms with Crippen molar-refractivity contribution in [3.05, 3.63) is 77.4 Å². The SMILES string of the molecule is CCc1ccc(-n2nc3ccc(NC(=O)COc4ccc(C)cc4C)cc3n2)cc1. The van der Waals surface area contributed by atoms with E-state index in [1.807, 2.05) is 62.4 Å². The number of carbonyl (C=O) groups is 1. The normalized spacial score (nSPS) is 10.9. The number of hydrogen-bond acceptors (Lipinski definition) is 4. The lowest BCUT2D eigenvalue weighted by molar-refractivity contribution is -0.118. The van der Waals surface area contributed by atoms with Crippen LogP contribution in [-0.2, 0) is 11.2 Å². The van der Waals surface area contributed by atoms with Crippen molar-refractivity contribution < 1.29 is 9.53 Å². The van der Waals surface area contributed by atoms with Gasteiger partial charge in [0, 0.05) is 5.69 Å². The minimum atomic E-state index is -0.225. The lowest BCUT2D eigenvalue weighted by Crippen LogP contribution is -2.20. The smallest absolute Gasteiger partial charge is 0.262 e. The fourth-order valence-corrected chi connectivity index (χ4v) is 3.27. The molecule has 0 aliphatic heterocycles. The lowest BCUT2D eigenvalue weighted by atomic mass is 10.1. The molecule has 0 saturated carbocycles. The second-order valence-electron chi connectivity index (χ2n) is 7.32. The first-order valence-corrected chi connectivity index (χ1v) is 9.98. The number of anilines is 1. The number of nitrogens with zero attached hydrogens (tertiary/aromatic N) is 3. The summed E-state index contributed by atoms with van der Waals surface area (Å²) >= 11 is 0. The molecular weight excluding hydrogens is 376 g/mol. The third-order valence-corrected chi connectivity index (χ3v) is 4.93. The van der Waals surface area contributed by atoms with E-state index in [2.05, 4.69) is 34.6 Å². The molecule has 6 nitrogen and oxygen atoms in total. The topological polar surface area (TPSA) is 69.0 Å². The van der Waals surface area contributed by atoms with E-state index in [9.17, 15) is 4.79 Å². The van der Waals surface area contributed by atoms with Crippen LogP contribution in [0.2, 0.25) is 0 Å². The average molecular weight is 400 g/mol. The van der Waals surface area contributed by atoms with Gasteiger partial charge in [-0.3, -0.25) is 4.79 Å². The van der Waals surface area contributed by atoms with Crippen LogP contribution in [0.3, 0.4) is 0 Å². The first kappa shape index (κ1) is 19.6. The molecule has 4 rings (SSSR count). The number of hydrogen-bond donors (Lipinski definition) is 1. The highest BCUT2D eigenvalue weighted by molar-refractivity contribution is 5.93. The molecule has 3 aromatic carbocycles. The minimum absolute atomic E-state index is 0.0571. The predicted octanol–water partition coefficient (Wildman–Crippen LogP) is 4.62. The summed E-state index contributed by atoms with van der Waals surface area (Å²) in [6, 6.07) is 19.5. The van der Waals surface area contributed by atoms with Crippen LogP contribution >= 0.6 is 0 Å². The maximum absolute atomic E-state index is 12.3. The zero-order valence-corrected chi connectivity index (χ0v) is 17.3. The molecule has 0 unspecified atom stereocenters. The van der Waals surface area contributed by atoms with Crippen LogP contribution in [0.15, 0.2) is 60.7 Å². The van der Waals surface area contributed by atoms with E-state index in [-0.39, 0.29) is 12.5 Å². The second kappa shape index (κ2) is 8.37. The zero-order chi connectivity index (χ0) is 21.1. The number of ether oxygens (including phenoxy) is 1. The zero-order valence-electron chi connectivity index (χ0n) is 17.3. The van der Waals surface area contributed by atoms with Crippen molar-refractivity contribution >= 4 is 22.6 Å². The molecule has 0 fully saturated rings. The molecule has 0 bridgehead atoms. The first-order valence-electron chi connectivity index (χ1n) is 9.98. The monoisotopic (exact) mass is 400 g/mol. The van der Waals surface area contributed by atoms with Crippen molar-refractivity contribution in [3.63, 3.8) is 0 Å². The molecule has 152 valence electrons. The van der Waals surface area contributed by atoms with Crippen LogP contribution < -0.4 is 10.1 Å². The summed E-state index contributed by atoms with van der Waals surface area (Å²) in [7, 11) is 0. The van der Waals surface area contributed by atoms with Gasteiger partial charge in [0.15, 0.2) is 6.61 Å². The summed E-state index contributed by atoms with van der Waals surface area (Å²) in [6.07, 6.45) is 0.991. The fourth-order valence-electron chi connectivity index (χ4n) is 3.27. The number of aromatic nitrogens is 3. The molecule has 0 spiro atoms. The van der Waals surface area contributed by atoms with Gasteiger partial charge in [-0.15, -0.1) is 10.2 Å². The Hall–Kier alpha value is -3.67. The van der Waals surface area contributed by atoms with Crippen LogP contribution in [0, 0.1) is 13.8 Å². The van der Waals surface area contributed by atoms with E-state index in [4.69, 9.17) is 4.74 Å². The number of fused-ring (bicyclic) bond motifs is 1. The van der Waals surface area contributed by atoms with Crippen molar-refractivity contribution in [1.82, 2.24) is 15.0 Å². The number of amides is 1. The highest BCUT2D eigenvalue weighted by Gasteiger charge is 2.09. The van der Waals surface area contributed by atoms with E-state index in [1.54, 1.807) is 4.80 Å². The summed E-state index contributed by atoms with van der Waals surface area (Å²) < 4.78 is 5.65. The third-order valence-electron chi connectivity index (χ3n) is 4.93. The van der Waals surface area contributed by atoms with Crippen LogP contribution in [0.25, 0.3) is 16.7 Å². The molecule has 1 heterocycles. The molecule has 0 aliphatic rings. The quantitative estimate of drug-likeness (QED) is 0.513. The maximum Gasteiger partial charge on any atom is 0.262 e. The van der Waals surface area contributed by atoms with Crippen LogP contribution in [-0.4, -0.2) is 27.5 Å². The molecule has 1 amide bonds. The summed E-state index contributed by atoms with van der Waals surface area (Å²) in [5, 5.41) is 11.9. The van der Waals surface area contributed by atoms with Crippen molar-refractivity contribution in [2.45, 2.75) is 27.2 Å². The van der Waals surface area contributed by atoms with E-state index >= 15 is 0 Å². The molecular formula is C24H24N4O2. The average Bonchev–Trinajstić information content (AvgIpc) is 3.16. The summed E-state index contributed by atoms with van der Waals surface area (Å²) in [6.45, 7) is 6.06. The summed E-state index contributed by atoms with van der Waals surface area (Å²) in [5.74, 6) is 0.486. The standard InChI is InChI=1S/C24H24N4O2/c1-4-18-6-9-20(10-7-18)28-26-21-11-8-19(14-22(21)27-28)25-24(29)15-30-23-12-5-16(2)13-17(23)3/h5-14H,4,15H2,1-3H3,(H,25,29). The Morgan fingerprint density at radius 2 is 1.73 bits per heavy atom. The highest BCUT2D eigenvalue weighted by atomic mass is 16.5. The predicted molar refractivity (Wildman–Crippen MR) is 118 cm³/mol. The number of nitrogens with one attached hydrogen (secondary N) is 1. The van der Waals surface area contributed by atoms with Gasteiger partial charge >= 0.3 is 0 Å². The van der Waals surface area contributed by atoms with E-state index in [0.29, 0.717) is 17.0 Å². The highest BCUT2D eigenvalue weighted by Crippen LogP contribution is 2.20. The van der Waals surface area contributed by atoms with Gasteiger partial charge in [0.25, 0.3) is 5.91 Å². The Bertz CT molecular complexity index is 1200. The Morgan fingerprint density at radius 1 is 0.967 bits per heavy atom. The van der Waals surface area contributed by atoms with Crippen LogP contribution in [0.1, 0.15) is 23.6 Å². The minimum Gasteiger partial charge on any atom is -0.483 e. The molecule has 4 aromatic rings.